The molecule has 2 aromatic rings. The van der Waals surface area contributed by atoms with Crippen molar-refractivity contribution < 1.29 is 19.1 Å². The minimum absolute atomic E-state index is 0.0754. The lowest BCUT2D eigenvalue weighted by Gasteiger charge is -2.26. The summed E-state index contributed by atoms with van der Waals surface area (Å²) in [7, 11) is 0. The van der Waals surface area contributed by atoms with Crippen molar-refractivity contribution in [3.63, 3.8) is 0 Å². The third-order valence-electron chi connectivity index (χ3n) is 6.94. The van der Waals surface area contributed by atoms with Crippen molar-refractivity contribution in [1.82, 2.24) is 15.5 Å². The molecule has 0 bridgehead atoms. The number of rotatable bonds is 5. The van der Waals surface area contributed by atoms with E-state index in [2.05, 4.69) is 35.8 Å². The highest BCUT2D eigenvalue weighted by Gasteiger charge is 2.29. The van der Waals surface area contributed by atoms with Gasteiger partial charge in [-0.05, 0) is 55.9 Å². The predicted octanol–water partition coefficient (Wildman–Crippen LogP) is 3.02. The topological polar surface area (TPSA) is 79.9 Å². The summed E-state index contributed by atoms with van der Waals surface area (Å²) in [6.45, 7) is 4.58. The van der Waals surface area contributed by atoms with Crippen molar-refractivity contribution >= 4 is 11.8 Å². The molecular formula is C26H31N3O4. The van der Waals surface area contributed by atoms with Crippen LogP contribution in [0.25, 0.3) is 0 Å². The molecule has 2 aromatic carbocycles. The lowest BCUT2D eigenvalue weighted by atomic mass is 9.96. The first-order valence-corrected chi connectivity index (χ1v) is 11.9. The van der Waals surface area contributed by atoms with Crippen molar-refractivity contribution in [3.05, 3.63) is 59.2 Å². The molecule has 2 heterocycles. The molecule has 1 saturated heterocycles. The molecule has 0 spiro atoms. The van der Waals surface area contributed by atoms with Crippen LogP contribution in [-0.4, -0.2) is 55.6 Å². The smallest absolute Gasteiger partial charge is 0.254 e. The number of para-hydroxylation sites is 1. The van der Waals surface area contributed by atoms with Crippen LogP contribution >= 0.6 is 0 Å². The zero-order valence-corrected chi connectivity index (χ0v) is 19.0. The summed E-state index contributed by atoms with van der Waals surface area (Å²) in [5.74, 6) is 2.00. The largest absolute Gasteiger partial charge is 0.486 e. The Morgan fingerprint density at radius 2 is 1.94 bits per heavy atom. The highest BCUT2D eigenvalue weighted by molar-refractivity contribution is 5.97. The number of nitrogens with zero attached hydrogens (tertiary/aromatic N) is 1. The first-order chi connectivity index (χ1) is 16.1. The molecule has 0 radical (unpaired) electrons. The fraction of sp³-hybridized carbons (Fsp3) is 0.462. The van der Waals surface area contributed by atoms with Crippen LogP contribution in [0.15, 0.2) is 42.5 Å². The number of benzene rings is 2. The standard InChI is InChI=1S/C26H31N3O4/c1-17(22-3-2-4-23-25(22)33-14-13-32-23)28-21-10-9-20(15-21)18-5-7-19(8-6-18)26(31)29-12-11-27-24(30)16-29/h2-8,17,20-21,28H,9-16H2,1H3,(H,27,30). The summed E-state index contributed by atoms with van der Waals surface area (Å²) < 4.78 is 11.6. The zero-order valence-electron chi connectivity index (χ0n) is 19.0. The average Bonchev–Trinajstić information content (AvgIpc) is 3.31. The predicted molar refractivity (Wildman–Crippen MR) is 125 cm³/mol. The summed E-state index contributed by atoms with van der Waals surface area (Å²) in [5.41, 5.74) is 3.06. The third-order valence-corrected chi connectivity index (χ3v) is 6.94. The van der Waals surface area contributed by atoms with Crippen LogP contribution in [-0.2, 0) is 4.79 Å². The van der Waals surface area contributed by atoms with Gasteiger partial charge in [-0.3, -0.25) is 9.59 Å². The Balaban J connectivity index is 1.19. The van der Waals surface area contributed by atoms with Crippen molar-refractivity contribution in [2.75, 3.05) is 32.8 Å². The molecule has 33 heavy (non-hydrogen) atoms. The van der Waals surface area contributed by atoms with Gasteiger partial charge in [0.15, 0.2) is 11.5 Å². The van der Waals surface area contributed by atoms with Gasteiger partial charge in [0.1, 0.15) is 13.2 Å². The summed E-state index contributed by atoms with van der Waals surface area (Å²) in [4.78, 5) is 25.9. The molecule has 1 saturated carbocycles. The maximum absolute atomic E-state index is 12.7. The summed E-state index contributed by atoms with van der Waals surface area (Å²) in [6, 6.07) is 14.7. The number of piperazine rings is 1. The zero-order chi connectivity index (χ0) is 22.8. The number of hydrogen-bond donors (Lipinski definition) is 2. The van der Waals surface area contributed by atoms with Crippen molar-refractivity contribution in [3.8, 4) is 11.5 Å². The highest BCUT2D eigenvalue weighted by Crippen LogP contribution is 2.39. The van der Waals surface area contributed by atoms with Gasteiger partial charge in [0.2, 0.25) is 5.91 Å². The van der Waals surface area contributed by atoms with Gasteiger partial charge in [-0.25, -0.2) is 0 Å². The third kappa shape index (κ3) is 4.69. The SMILES string of the molecule is CC(NC1CCC(c2ccc(C(=O)N3CCNC(=O)C3)cc2)C1)c1cccc2c1OCCO2. The van der Waals surface area contributed by atoms with Gasteiger partial charge in [0.25, 0.3) is 5.91 Å². The van der Waals surface area contributed by atoms with Gasteiger partial charge in [-0.2, -0.15) is 0 Å². The number of nitrogens with one attached hydrogen (secondary N) is 2. The molecule has 2 N–H and O–H groups in total. The molecule has 5 rings (SSSR count). The number of ether oxygens (including phenoxy) is 2. The van der Waals surface area contributed by atoms with Gasteiger partial charge < -0.3 is 25.0 Å². The maximum Gasteiger partial charge on any atom is 0.254 e. The van der Waals surface area contributed by atoms with Gasteiger partial charge in [0.05, 0.1) is 6.54 Å². The van der Waals surface area contributed by atoms with Gasteiger partial charge in [-0.1, -0.05) is 24.3 Å². The normalized spacial score (nSPS) is 23.2. The van der Waals surface area contributed by atoms with Crippen molar-refractivity contribution in [1.29, 1.82) is 0 Å². The minimum Gasteiger partial charge on any atom is -0.486 e. The number of carbonyl (C=O) groups is 2. The maximum atomic E-state index is 12.7. The van der Waals surface area contributed by atoms with E-state index in [1.807, 2.05) is 24.3 Å². The van der Waals surface area contributed by atoms with E-state index in [1.54, 1.807) is 4.90 Å². The Morgan fingerprint density at radius 3 is 2.76 bits per heavy atom. The van der Waals surface area contributed by atoms with Crippen LogP contribution in [0.2, 0.25) is 0 Å². The van der Waals surface area contributed by atoms with E-state index in [1.165, 1.54) is 5.56 Å². The number of fused-ring (bicyclic) bond motifs is 1. The second kappa shape index (κ2) is 9.43. The van der Waals surface area contributed by atoms with E-state index in [0.29, 0.717) is 43.8 Å². The quantitative estimate of drug-likeness (QED) is 0.734. The Morgan fingerprint density at radius 1 is 1.12 bits per heavy atom. The Kier molecular flexibility index (Phi) is 6.22. The molecule has 3 atom stereocenters. The van der Waals surface area contributed by atoms with Crippen LogP contribution in [0.1, 0.15) is 59.6 Å². The Labute approximate surface area is 194 Å². The summed E-state index contributed by atoms with van der Waals surface area (Å²) in [5, 5.41) is 6.54. The average molecular weight is 450 g/mol. The Hall–Kier alpha value is -3.06. The number of carbonyl (C=O) groups excluding carboxylic acids is 2. The monoisotopic (exact) mass is 449 g/mol. The molecule has 3 unspecified atom stereocenters. The fourth-order valence-electron chi connectivity index (χ4n) is 5.21. The van der Waals surface area contributed by atoms with Crippen molar-refractivity contribution in [2.24, 2.45) is 0 Å². The van der Waals surface area contributed by atoms with E-state index < -0.39 is 0 Å². The molecular weight excluding hydrogens is 418 g/mol. The Bertz CT molecular complexity index is 1020. The second-order valence-electron chi connectivity index (χ2n) is 9.17. The molecule has 7 heteroatoms. The van der Waals surface area contributed by atoms with Crippen LogP contribution < -0.4 is 20.1 Å². The van der Waals surface area contributed by atoms with E-state index in [4.69, 9.17) is 9.47 Å². The van der Waals surface area contributed by atoms with Crippen LogP contribution in [0, 0.1) is 0 Å². The van der Waals surface area contributed by atoms with Gasteiger partial charge in [0, 0.05) is 36.3 Å². The van der Waals surface area contributed by atoms with Crippen LogP contribution in [0.5, 0.6) is 11.5 Å². The molecule has 3 aliphatic rings. The molecule has 2 fully saturated rings. The highest BCUT2D eigenvalue weighted by atomic mass is 16.6. The van der Waals surface area contributed by atoms with E-state index in [-0.39, 0.29) is 24.4 Å². The van der Waals surface area contributed by atoms with Crippen LogP contribution in [0.3, 0.4) is 0 Å². The van der Waals surface area contributed by atoms with Crippen molar-refractivity contribution in [2.45, 2.75) is 44.2 Å². The second-order valence-corrected chi connectivity index (χ2v) is 9.17. The molecule has 1 aliphatic carbocycles. The lowest BCUT2D eigenvalue weighted by molar-refractivity contribution is -0.123. The first kappa shape index (κ1) is 21.8. The first-order valence-electron chi connectivity index (χ1n) is 11.9. The number of amides is 2. The van der Waals surface area contributed by atoms with E-state index in [0.717, 1.165) is 36.3 Å². The molecule has 2 aliphatic heterocycles. The summed E-state index contributed by atoms with van der Waals surface area (Å²) in [6.07, 6.45) is 3.30. The lowest BCUT2D eigenvalue weighted by Crippen LogP contribution is -2.49. The summed E-state index contributed by atoms with van der Waals surface area (Å²) >= 11 is 0. The van der Waals surface area contributed by atoms with Crippen LogP contribution in [0.4, 0.5) is 0 Å². The number of hydrogen-bond acceptors (Lipinski definition) is 5. The molecule has 2 amide bonds. The fourth-order valence-corrected chi connectivity index (χ4v) is 5.21. The van der Waals surface area contributed by atoms with Gasteiger partial charge in [-0.15, -0.1) is 0 Å². The van der Waals surface area contributed by atoms with Gasteiger partial charge >= 0.3 is 0 Å². The molecule has 0 aromatic heterocycles. The van der Waals surface area contributed by atoms with E-state index in [9.17, 15) is 9.59 Å². The van der Waals surface area contributed by atoms with E-state index >= 15 is 0 Å². The molecule has 174 valence electrons. The molecule has 7 nitrogen and oxygen atoms in total. The minimum atomic E-state index is -0.0972.